The van der Waals surface area contributed by atoms with Crippen molar-refractivity contribution in [1.82, 2.24) is 15.2 Å². The number of hydrogen-bond donors (Lipinski definition) is 2. The molecule has 9 heteroatoms. The average Bonchev–Trinajstić information content (AvgIpc) is 2.64. The number of carbonyl (C=O) groups excluding carboxylic acids is 2. The van der Waals surface area contributed by atoms with Crippen LogP contribution in [0.1, 0.15) is 32.9 Å². The van der Waals surface area contributed by atoms with Crippen LogP contribution in [0.15, 0.2) is 24.4 Å². The van der Waals surface area contributed by atoms with Crippen molar-refractivity contribution in [3.8, 4) is 0 Å². The van der Waals surface area contributed by atoms with E-state index in [1.165, 1.54) is 0 Å². The maximum absolute atomic E-state index is 12.5. The standard InChI is InChI=1S/C19H30N4O3.2ClH/c1-5-26-15-12-19(20,18(15,2)3)17(25)22-13-16(24)23(4)11-9-14-8-6-7-10-21-14;;/h6-8,10,15H,5,9,11-13,20H2,1-4H3,(H,22,25);2*1H. The Morgan fingerprint density at radius 1 is 1.36 bits per heavy atom. The van der Waals surface area contributed by atoms with Gasteiger partial charge < -0.3 is 20.7 Å². The SMILES string of the molecule is CCOC1CC(N)(C(=O)NCC(=O)N(C)CCc2ccccn2)C1(C)C.Cl.Cl. The Morgan fingerprint density at radius 2 is 2.04 bits per heavy atom. The smallest absolute Gasteiger partial charge is 0.241 e. The van der Waals surface area contributed by atoms with Crippen molar-refractivity contribution in [1.29, 1.82) is 0 Å². The van der Waals surface area contributed by atoms with E-state index >= 15 is 0 Å². The molecule has 1 saturated carbocycles. The first kappa shape index (κ1) is 26.6. The average molecular weight is 435 g/mol. The van der Waals surface area contributed by atoms with Gasteiger partial charge >= 0.3 is 0 Å². The van der Waals surface area contributed by atoms with Crippen LogP contribution in [0.3, 0.4) is 0 Å². The van der Waals surface area contributed by atoms with E-state index in [2.05, 4.69) is 10.3 Å². The first-order chi connectivity index (χ1) is 12.2. The molecular weight excluding hydrogens is 403 g/mol. The number of pyridine rings is 1. The van der Waals surface area contributed by atoms with Crippen molar-refractivity contribution in [2.24, 2.45) is 11.1 Å². The van der Waals surface area contributed by atoms with Gasteiger partial charge in [0.25, 0.3) is 0 Å². The first-order valence-electron chi connectivity index (χ1n) is 9.05. The van der Waals surface area contributed by atoms with Gasteiger partial charge in [-0.2, -0.15) is 0 Å². The second-order valence-corrected chi connectivity index (χ2v) is 7.41. The summed E-state index contributed by atoms with van der Waals surface area (Å²) in [5.41, 5.74) is 5.76. The summed E-state index contributed by atoms with van der Waals surface area (Å²) in [7, 11) is 1.72. The van der Waals surface area contributed by atoms with Crippen LogP contribution in [0, 0.1) is 5.41 Å². The Balaban J connectivity index is 0.00000364. The number of carbonyl (C=O) groups is 2. The second kappa shape index (κ2) is 11.0. The van der Waals surface area contributed by atoms with Gasteiger partial charge in [0, 0.05) is 50.3 Å². The monoisotopic (exact) mass is 434 g/mol. The molecule has 0 aliphatic heterocycles. The van der Waals surface area contributed by atoms with Crippen molar-refractivity contribution in [3.05, 3.63) is 30.1 Å². The minimum Gasteiger partial charge on any atom is -0.378 e. The third-order valence-electron chi connectivity index (χ3n) is 5.49. The molecule has 1 aliphatic carbocycles. The third kappa shape index (κ3) is 5.56. The van der Waals surface area contributed by atoms with Crippen LogP contribution in [0.4, 0.5) is 0 Å². The van der Waals surface area contributed by atoms with Crippen LogP contribution in [0.2, 0.25) is 0 Å². The van der Waals surface area contributed by atoms with E-state index in [0.29, 0.717) is 26.0 Å². The maximum atomic E-state index is 12.5. The van der Waals surface area contributed by atoms with Crippen LogP contribution in [0.25, 0.3) is 0 Å². The fraction of sp³-hybridized carbons (Fsp3) is 0.632. The predicted octanol–water partition coefficient (Wildman–Crippen LogP) is 1.57. The number of rotatable bonds is 8. The van der Waals surface area contributed by atoms with Crippen LogP contribution < -0.4 is 11.1 Å². The summed E-state index contributed by atoms with van der Waals surface area (Å²) in [5, 5.41) is 2.70. The molecule has 2 rings (SSSR count). The molecule has 28 heavy (non-hydrogen) atoms. The lowest BCUT2D eigenvalue weighted by Gasteiger charge is -2.57. The van der Waals surface area contributed by atoms with Gasteiger partial charge in [0.2, 0.25) is 11.8 Å². The van der Waals surface area contributed by atoms with Gasteiger partial charge in [-0.1, -0.05) is 19.9 Å². The highest BCUT2D eigenvalue weighted by Gasteiger charge is 2.62. The lowest BCUT2D eigenvalue weighted by Crippen LogP contribution is -2.76. The summed E-state index contributed by atoms with van der Waals surface area (Å²) in [6, 6.07) is 5.70. The van der Waals surface area contributed by atoms with Crippen molar-refractivity contribution >= 4 is 36.6 Å². The highest BCUT2D eigenvalue weighted by Crippen LogP contribution is 2.49. The lowest BCUT2D eigenvalue weighted by molar-refractivity contribution is -0.171. The summed E-state index contributed by atoms with van der Waals surface area (Å²) in [4.78, 5) is 30.6. The van der Waals surface area contributed by atoms with E-state index in [1.54, 1.807) is 18.1 Å². The van der Waals surface area contributed by atoms with Crippen molar-refractivity contribution < 1.29 is 14.3 Å². The molecule has 0 bridgehead atoms. The number of nitrogens with zero attached hydrogens (tertiary/aromatic N) is 2. The number of halogens is 2. The zero-order valence-electron chi connectivity index (χ0n) is 16.9. The molecule has 160 valence electrons. The van der Waals surface area contributed by atoms with Crippen molar-refractivity contribution in [2.45, 2.75) is 45.3 Å². The van der Waals surface area contributed by atoms with E-state index in [9.17, 15) is 9.59 Å². The molecule has 1 fully saturated rings. The highest BCUT2D eigenvalue weighted by molar-refractivity contribution is 5.92. The fourth-order valence-corrected chi connectivity index (χ4v) is 3.22. The Bertz CT molecular complexity index is 645. The molecule has 7 nitrogen and oxygen atoms in total. The molecule has 1 heterocycles. The maximum Gasteiger partial charge on any atom is 0.241 e. The number of likely N-dealkylation sites (N-methyl/N-ethyl adjacent to an activating group) is 1. The molecule has 1 aliphatic rings. The molecule has 1 aromatic heterocycles. The molecule has 0 aromatic carbocycles. The molecule has 0 saturated heterocycles. The normalized spacial score (nSPS) is 22.1. The molecule has 2 atom stereocenters. The van der Waals surface area contributed by atoms with Crippen LogP contribution in [0.5, 0.6) is 0 Å². The number of amides is 2. The summed E-state index contributed by atoms with van der Waals surface area (Å²) in [5.74, 6) is -0.457. The summed E-state index contributed by atoms with van der Waals surface area (Å²) in [6.45, 7) is 6.84. The molecule has 2 unspecified atom stereocenters. The van der Waals surface area contributed by atoms with Crippen LogP contribution in [-0.2, 0) is 20.7 Å². The Kier molecular flexibility index (Phi) is 10.4. The van der Waals surface area contributed by atoms with Crippen molar-refractivity contribution in [2.75, 3.05) is 26.7 Å². The number of aromatic nitrogens is 1. The summed E-state index contributed by atoms with van der Waals surface area (Å²) in [6.07, 6.45) is 2.82. The largest absolute Gasteiger partial charge is 0.378 e. The Labute approximate surface area is 179 Å². The number of ether oxygens (including phenoxy) is 1. The van der Waals surface area contributed by atoms with Gasteiger partial charge in [-0.05, 0) is 19.1 Å². The second-order valence-electron chi connectivity index (χ2n) is 7.41. The molecule has 0 spiro atoms. The number of nitrogens with two attached hydrogens (primary N) is 1. The van der Waals surface area contributed by atoms with Gasteiger partial charge in [0.1, 0.15) is 5.54 Å². The van der Waals surface area contributed by atoms with Gasteiger partial charge in [0.05, 0.1) is 12.6 Å². The highest BCUT2D eigenvalue weighted by atomic mass is 35.5. The molecule has 0 radical (unpaired) electrons. The van der Waals surface area contributed by atoms with Crippen molar-refractivity contribution in [3.63, 3.8) is 0 Å². The zero-order valence-corrected chi connectivity index (χ0v) is 18.6. The zero-order chi connectivity index (χ0) is 19.4. The third-order valence-corrected chi connectivity index (χ3v) is 5.49. The van der Waals surface area contributed by atoms with E-state index in [0.717, 1.165) is 5.69 Å². The van der Waals surface area contributed by atoms with Gasteiger partial charge in [-0.3, -0.25) is 14.6 Å². The molecule has 3 N–H and O–H groups in total. The minimum atomic E-state index is -1.01. The first-order valence-corrected chi connectivity index (χ1v) is 9.05. The molecule has 1 aromatic rings. The summed E-state index contributed by atoms with van der Waals surface area (Å²) >= 11 is 0. The van der Waals surface area contributed by atoms with E-state index in [4.69, 9.17) is 10.5 Å². The summed E-state index contributed by atoms with van der Waals surface area (Å²) < 4.78 is 5.64. The Morgan fingerprint density at radius 3 is 2.57 bits per heavy atom. The molecule has 2 amide bonds. The quantitative estimate of drug-likeness (QED) is 0.646. The minimum absolute atomic E-state index is 0. The predicted molar refractivity (Wildman–Crippen MR) is 114 cm³/mol. The fourth-order valence-electron chi connectivity index (χ4n) is 3.22. The Hall–Kier alpha value is -1.41. The molecular formula is C19H32Cl2N4O3. The number of hydrogen-bond acceptors (Lipinski definition) is 5. The van der Waals surface area contributed by atoms with Gasteiger partial charge in [0.15, 0.2) is 0 Å². The topological polar surface area (TPSA) is 97.5 Å². The van der Waals surface area contributed by atoms with Crippen LogP contribution >= 0.6 is 24.8 Å². The van der Waals surface area contributed by atoms with Gasteiger partial charge in [-0.15, -0.1) is 24.8 Å². The van der Waals surface area contributed by atoms with Crippen LogP contribution in [-0.4, -0.2) is 60.1 Å². The van der Waals surface area contributed by atoms with E-state index < -0.39 is 11.0 Å². The van der Waals surface area contributed by atoms with E-state index in [-0.39, 0.29) is 49.3 Å². The van der Waals surface area contributed by atoms with Gasteiger partial charge in [-0.25, -0.2) is 0 Å². The number of nitrogens with one attached hydrogen (secondary N) is 1. The van der Waals surface area contributed by atoms with E-state index in [1.807, 2.05) is 39.0 Å². The lowest BCUT2D eigenvalue weighted by atomic mass is 9.54.